The van der Waals surface area contributed by atoms with Crippen molar-refractivity contribution in [3.8, 4) is 0 Å². The van der Waals surface area contributed by atoms with Crippen molar-refractivity contribution < 1.29 is 9.53 Å². The minimum Gasteiger partial charge on any atom is -0.370 e. The number of rotatable bonds is 3. The normalized spacial score (nSPS) is 25.8. The summed E-state index contributed by atoms with van der Waals surface area (Å²) in [5.74, 6) is 0.164. The highest BCUT2D eigenvalue weighted by Gasteiger charge is 2.35. The van der Waals surface area contributed by atoms with Crippen LogP contribution in [-0.2, 0) is 9.53 Å². The Morgan fingerprint density at radius 2 is 2.06 bits per heavy atom. The van der Waals surface area contributed by atoms with Crippen LogP contribution >= 0.6 is 15.9 Å². The molecule has 92 valence electrons. The van der Waals surface area contributed by atoms with Gasteiger partial charge in [-0.15, -0.1) is 0 Å². The van der Waals surface area contributed by atoms with Crippen molar-refractivity contribution in [1.82, 2.24) is 4.90 Å². The number of hydrogen-bond acceptors (Lipinski definition) is 2. The summed E-state index contributed by atoms with van der Waals surface area (Å²) in [5.41, 5.74) is 0.325. The summed E-state index contributed by atoms with van der Waals surface area (Å²) in [6.45, 7) is 2.66. The zero-order valence-electron chi connectivity index (χ0n) is 9.71. The lowest BCUT2D eigenvalue weighted by atomic mass is 9.75. The second-order valence-corrected chi connectivity index (χ2v) is 5.62. The maximum absolute atomic E-state index is 11.7. The number of nitrogens with zero attached hydrogens (tertiary/aromatic N) is 1. The molecular formula is C12H20BrNO2. The van der Waals surface area contributed by atoms with E-state index in [0.29, 0.717) is 12.0 Å². The van der Waals surface area contributed by atoms with Crippen molar-refractivity contribution in [2.45, 2.75) is 32.1 Å². The monoisotopic (exact) mass is 289 g/mol. The molecule has 0 radical (unpaired) electrons. The van der Waals surface area contributed by atoms with Crippen molar-refractivity contribution in [3.63, 3.8) is 0 Å². The minimum atomic E-state index is 0.164. The standard InChI is InChI=1S/C12H20BrNO2/c13-9-12(4-2-1-3-5-12)10-14-6-7-16-8-11(14)15/h1-10H2. The Morgan fingerprint density at radius 3 is 2.69 bits per heavy atom. The Morgan fingerprint density at radius 1 is 1.31 bits per heavy atom. The van der Waals surface area contributed by atoms with Gasteiger partial charge in [-0.05, 0) is 18.3 Å². The maximum Gasteiger partial charge on any atom is 0.248 e. The zero-order chi connectivity index (χ0) is 11.4. The molecule has 0 spiro atoms. The number of hydrogen-bond donors (Lipinski definition) is 0. The summed E-state index contributed by atoms with van der Waals surface area (Å²) < 4.78 is 5.16. The smallest absolute Gasteiger partial charge is 0.248 e. The summed E-state index contributed by atoms with van der Waals surface area (Å²) in [5, 5.41) is 1.02. The Bertz CT molecular complexity index is 251. The average molecular weight is 290 g/mol. The van der Waals surface area contributed by atoms with Gasteiger partial charge in [-0.3, -0.25) is 4.79 Å². The second-order valence-electron chi connectivity index (χ2n) is 5.06. The first-order chi connectivity index (χ1) is 7.76. The van der Waals surface area contributed by atoms with Crippen LogP contribution in [0.25, 0.3) is 0 Å². The molecule has 0 aromatic carbocycles. The Balaban J connectivity index is 1.96. The highest BCUT2D eigenvalue weighted by molar-refractivity contribution is 9.09. The number of carbonyl (C=O) groups is 1. The molecule has 1 saturated heterocycles. The lowest BCUT2D eigenvalue weighted by molar-refractivity contribution is -0.144. The van der Waals surface area contributed by atoms with Gasteiger partial charge in [0.15, 0.2) is 0 Å². The molecule has 16 heavy (non-hydrogen) atoms. The Hall–Kier alpha value is -0.0900. The van der Waals surface area contributed by atoms with Crippen LogP contribution in [0.4, 0.5) is 0 Å². The third kappa shape index (κ3) is 2.77. The van der Waals surface area contributed by atoms with E-state index in [1.807, 2.05) is 4.90 Å². The van der Waals surface area contributed by atoms with Gasteiger partial charge in [0.25, 0.3) is 0 Å². The number of alkyl halides is 1. The molecule has 1 aliphatic carbocycles. The van der Waals surface area contributed by atoms with Gasteiger partial charge in [-0.25, -0.2) is 0 Å². The van der Waals surface area contributed by atoms with Crippen molar-refractivity contribution in [2.24, 2.45) is 5.41 Å². The molecule has 1 heterocycles. The fourth-order valence-corrected chi connectivity index (χ4v) is 3.50. The number of ether oxygens (including phenoxy) is 1. The fraction of sp³-hybridized carbons (Fsp3) is 0.917. The molecule has 3 nitrogen and oxygen atoms in total. The fourth-order valence-electron chi connectivity index (χ4n) is 2.76. The molecule has 0 N–H and O–H groups in total. The van der Waals surface area contributed by atoms with Crippen molar-refractivity contribution in [2.75, 3.05) is 31.6 Å². The molecule has 1 amide bonds. The molecule has 2 fully saturated rings. The Labute approximate surface area is 106 Å². The molecule has 0 bridgehead atoms. The largest absolute Gasteiger partial charge is 0.370 e. The predicted molar refractivity (Wildman–Crippen MR) is 66.7 cm³/mol. The maximum atomic E-state index is 11.7. The van der Waals surface area contributed by atoms with E-state index < -0.39 is 0 Å². The quantitative estimate of drug-likeness (QED) is 0.746. The molecule has 1 aliphatic heterocycles. The van der Waals surface area contributed by atoms with Gasteiger partial charge >= 0.3 is 0 Å². The molecule has 0 unspecified atom stereocenters. The molecule has 0 aromatic rings. The SMILES string of the molecule is O=C1COCCN1CC1(CBr)CCCCC1. The lowest BCUT2D eigenvalue weighted by Crippen LogP contribution is -2.48. The highest BCUT2D eigenvalue weighted by Crippen LogP contribution is 2.38. The van der Waals surface area contributed by atoms with Crippen LogP contribution in [0.15, 0.2) is 0 Å². The van der Waals surface area contributed by atoms with Crippen LogP contribution in [0.1, 0.15) is 32.1 Å². The summed E-state index contributed by atoms with van der Waals surface area (Å²) in [7, 11) is 0. The van der Waals surface area contributed by atoms with Crippen LogP contribution in [0.5, 0.6) is 0 Å². The van der Waals surface area contributed by atoms with Crippen molar-refractivity contribution in [3.05, 3.63) is 0 Å². The Kier molecular flexibility index (Phi) is 4.25. The van der Waals surface area contributed by atoms with E-state index in [1.54, 1.807) is 0 Å². The van der Waals surface area contributed by atoms with Gasteiger partial charge < -0.3 is 9.64 Å². The van der Waals surface area contributed by atoms with Gasteiger partial charge in [-0.2, -0.15) is 0 Å². The van der Waals surface area contributed by atoms with Gasteiger partial charge in [0.1, 0.15) is 6.61 Å². The molecule has 2 aliphatic rings. The number of amides is 1. The van der Waals surface area contributed by atoms with Gasteiger partial charge in [-0.1, -0.05) is 35.2 Å². The van der Waals surface area contributed by atoms with E-state index in [2.05, 4.69) is 15.9 Å². The molecule has 4 heteroatoms. The first-order valence-corrected chi connectivity index (χ1v) is 7.29. The highest BCUT2D eigenvalue weighted by atomic mass is 79.9. The van der Waals surface area contributed by atoms with E-state index in [4.69, 9.17) is 4.74 Å². The molecule has 0 aromatic heterocycles. The van der Waals surface area contributed by atoms with Gasteiger partial charge in [0.2, 0.25) is 5.91 Å². The van der Waals surface area contributed by atoms with Gasteiger partial charge in [0, 0.05) is 18.4 Å². The van der Waals surface area contributed by atoms with Crippen LogP contribution < -0.4 is 0 Å². The second kappa shape index (κ2) is 5.50. The average Bonchev–Trinajstić information content (AvgIpc) is 2.33. The third-order valence-corrected chi connectivity index (χ3v) is 5.00. The summed E-state index contributed by atoms with van der Waals surface area (Å²) in [4.78, 5) is 13.7. The zero-order valence-corrected chi connectivity index (χ0v) is 11.3. The van der Waals surface area contributed by atoms with Crippen molar-refractivity contribution >= 4 is 21.8 Å². The van der Waals surface area contributed by atoms with E-state index >= 15 is 0 Å². The van der Waals surface area contributed by atoms with E-state index in [-0.39, 0.29) is 12.5 Å². The lowest BCUT2D eigenvalue weighted by Gasteiger charge is -2.41. The van der Waals surface area contributed by atoms with E-state index in [9.17, 15) is 4.79 Å². The van der Waals surface area contributed by atoms with Crippen LogP contribution in [-0.4, -0.2) is 42.4 Å². The summed E-state index contributed by atoms with van der Waals surface area (Å²) >= 11 is 3.65. The van der Waals surface area contributed by atoms with Crippen LogP contribution in [0.3, 0.4) is 0 Å². The topological polar surface area (TPSA) is 29.5 Å². The van der Waals surface area contributed by atoms with Gasteiger partial charge in [0.05, 0.1) is 6.61 Å². The third-order valence-electron chi connectivity index (χ3n) is 3.81. The van der Waals surface area contributed by atoms with Crippen molar-refractivity contribution in [1.29, 1.82) is 0 Å². The molecule has 1 saturated carbocycles. The van der Waals surface area contributed by atoms with Crippen LogP contribution in [0, 0.1) is 5.41 Å². The number of morpholine rings is 1. The first-order valence-electron chi connectivity index (χ1n) is 6.17. The number of halogens is 1. The molecular weight excluding hydrogens is 270 g/mol. The van der Waals surface area contributed by atoms with E-state index in [0.717, 1.165) is 18.4 Å². The summed E-state index contributed by atoms with van der Waals surface area (Å²) in [6, 6.07) is 0. The first kappa shape index (κ1) is 12.4. The number of carbonyl (C=O) groups excluding carboxylic acids is 1. The summed E-state index contributed by atoms with van der Waals surface area (Å²) in [6.07, 6.45) is 6.48. The van der Waals surface area contributed by atoms with Crippen LogP contribution in [0.2, 0.25) is 0 Å². The predicted octanol–water partition coefficient (Wildman–Crippen LogP) is 2.19. The van der Waals surface area contributed by atoms with E-state index in [1.165, 1.54) is 32.1 Å². The molecule has 2 rings (SSSR count). The molecule has 0 atom stereocenters. The minimum absolute atomic E-state index is 0.164.